The van der Waals surface area contributed by atoms with Crippen LogP contribution in [0.2, 0.25) is 0 Å². The molecule has 2 aliphatic rings. The summed E-state index contributed by atoms with van der Waals surface area (Å²) >= 11 is 0. The molecule has 0 radical (unpaired) electrons. The summed E-state index contributed by atoms with van der Waals surface area (Å²) in [6, 6.07) is 2.95. The predicted octanol–water partition coefficient (Wildman–Crippen LogP) is 2.43. The number of carbonyl (C=O) groups excluding carboxylic acids is 1. The van der Waals surface area contributed by atoms with Gasteiger partial charge in [-0.25, -0.2) is 9.78 Å². The average molecular weight is 288 g/mol. The zero-order valence-corrected chi connectivity index (χ0v) is 12.0. The van der Waals surface area contributed by atoms with E-state index >= 15 is 0 Å². The van der Waals surface area contributed by atoms with Gasteiger partial charge in [-0.05, 0) is 36.8 Å². The van der Waals surface area contributed by atoms with Gasteiger partial charge in [-0.3, -0.25) is 4.79 Å². The van der Waals surface area contributed by atoms with E-state index in [0.717, 1.165) is 25.4 Å². The van der Waals surface area contributed by atoms with E-state index < -0.39 is 5.97 Å². The van der Waals surface area contributed by atoms with Crippen molar-refractivity contribution < 1.29 is 14.7 Å². The van der Waals surface area contributed by atoms with E-state index in [9.17, 15) is 9.59 Å². The fraction of sp³-hybridized carbons (Fsp3) is 0.562. The SMILES string of the molecule is O=C(O)c1ccc(C(=O)N2CCC3CCCCC3C2)cn1. The maximum Gasteiger partial charge on any atom is 0.354 e. The lowest BCUT2D eigenvalue weighted by molar-refractivity contribution is 0.0519. The summed E-state index contributed by atoms with van der Waals surface area (Å²) < 4.78 is 0. The van der Waals surface area contributed by atoms with Crippen LogP contribution in [0.3, 0.4) is 0 Å². The number of nitrogens with zero attached hydrogens (tertiary/aromatic N) is 2. The molecule has 1 aliphatic carbocycles. The van der Waals surface area contributed by atoms with Gasteiger partial charge in [0.15, 0.2) is 0 Å². The first-order chi connectivity index (χ1) is 10.1. The molecule has 1 saturated carbocycles. The molecule has 2 unspecified atom stereocenters. The average Bonchev–Trinajstić information content (AvgIpc) is 2.54. The lowest BCUT2D eigenvalue weighted by Gasteiger charge is -2.41. The highest BCUT2D eigenvalue weighted by Gasteiger charge is 2.33. The molecule has 1 aromatic heterocycles. The largest absolute Gasteiger partial charge is 0.477 e. The van der Waals surface area contributed by atoms with Crippen molar-refractivity contribution in [3.05, 3.63) is 29.6 Å². The van der Waals surface area contributed by atoms with Crippen molar-refractivity contribution in [2.75, 3.05) is 13.1 Å². The van der Waals surface area contributed by atoms with Gasteiger partial charge in [-0.2, -0.15) is 0 Å². The Morgan fingerprint density at radius 3 is 2.57 bits per heavy atom. The van der Waals surface area contributed by atoms with Crippen LogP contribution in [0.25, 0.3) is 0 Å². The standard InChI is InChI=1S/C16H20N2O3/c19-15(12-5-6-14(16(20)21)17-9-12)18-8-7-11-3-1-2-4-13(11)10-18/h5-6,9,11,13H,1-4,7-8,10H2,(H,20,21). The Bertz CT molecular complexity index is 541. The van der Waals surface area contributed by atoms with Crippen molar-refractivity contribution in [1.82, 2.24) is 9.88 Å². The quantitative estimate of drug-likeness (QED) is 0.907. The molecule has 0 bridgehead atoms. The van der Waals surface area contributed by atoms with E-state index in [1.807, 2.05) is 4.90 Å². The van der Waals surface area contributed by atoms with Crippen LogP contribution in [0.1, 0.15) is 53.0 Å². The summed E-state index contributed by atoms with van der Waals surface area (Å²) in [5.41, 5.74) is 0.451. The maximum atomic E-state index is 12.5. The van der Waals surface area contributed by atoms with E-state index in [1.54, 1.807) is 6.07 Å². The van der Waals surface area contributed by atoms with Gasteiger partial charge < -0.3 is 10.0 Å². The molecule has 1 amide bonds. The fourth-order valence-corrected chi connectivity index (χ4v) is 3.61. The van der Waals surface area contributed by atoms with Gasteiger partial charge in [0.05, 0.1) is 5.56 Å². The highest BCUT2D eigenvalue weighted by atomic mass is 16.4. The van der Waals surface area contributed by atoms with Gasteiger partial charge in [-0.15, -0.1) is 0 Å². The van der Waals surface area contributed by atoms with Crippen LogP contribution in [-0.4, -0.2) is 40.0 Å². The van der Waals surface area contributed by atoms with Gasteiger partial charge in [0, 0.05) is 19.3 Å². The van der Waals surface area contributed by atoms with Gasteiger partial charge in [0.25, 0.3) is 5.91 Å². The van der Waals surface area contributed by atoms with Gasteiger partial charge in [0.1, 0.15) is 5.69 Å². The number of likely N-dealkylation sites (tertiary alicyclic amines) is 1. The Balaban J connectivity index is 1.68. The summed E-state index contributed by atoms with van der Waals surface area (Å²) in [6.07, 6.45) is 7.61. The molecule has 1 aliphatic heterocycles. The molecule has 1 saturated heterocycles. The number of amides is 1. The second-order valence-corrected chi connectivity index (χ2v) is 6.08. The second kappa shape index (κ2) is 5.84. The molecule has 0 aromatic carbocycles. The number of pyridine rings is 1. The molecule has 0 spiro atoms. The summed E-state index contributed by atoms with van der Waals surface area (Å²) in [5.74, 6) is 0.332. The Morgan fingerprint density at radius 1 is 1.14 bits per heavy atom. The number of aromatic carboxylic acids is 1. The molecule has 112 valence electrons. The summed E-state index contributed by atoms with van der Waals surface area (Å²) in [7, 11) is 0. The number of piperidine rings is 1. The van der Waals surface area contributed by atoms with Crippen molar-refractivity contribution in [1.29, 1.82) is 0 Å². The molecular weight excluding hydrogens is 268 g/mol. The number of carbonyl (C=O) groups is 2. The first kappa shape index (κ1) is 14.0. The van der Waals surface area contributed by atoms with Crippen molar-refractivity contribution in [3.8, 4) is 0 Å². The number of hydrogen-bond acceptors (Lipinski definition) is 3. The van der Waals surface area contributed by atoms with Crippen LogP contribution in [0, 0.1) is 11.8 Å². The number of carboxylic acids is 1. The fourth-order valence-electron chi connectivity index (χ4n) is 3.61. The minimum absolute atomic E-state index is 0.0246. The molecule has 5 heteroatoms. The third-order valence-corrected chi connectivity index (χ3v) is 4.81. The molecule has 21 heavy (non-hydrogen) atoms. The molecule has 1 N–H and O–H groups in total. The summed E-state index contributed by atoms with van der Waals surface area (Å²) in [4.78, 5) is 29.0. The molecule has 2 atom stereocenters. The number of aromatic nitrogens is 1. The topological polar surface area (TPSA) is 70.5 Å². The van der Waals surface area contributed by atoms with Crippen LogP contribution >= 0.6 is 0 Å². The lowest BCUT2D eigenvalue weighted by atomic mass is 9.75. The van der Waals surface area contributed by atoms with Crippen molar-refractivity contribution in [3.63, 3.8) is 0 Å². The van der Waals surface area contributed by atoms with Gasteiger partial charge in [-0.1, -0.05) is 19.3 Å². The predicted molar refractivity (Wildman–Crippen MR) is 77.2 cm³/mol. The van der Waals surface area contributed by atoms with Crippen LogP contribution in [0.4, 0.5) is 0 Å². The third-order valence-electron chi connectivity index (χ3n) is 4.81. The molecule has 3 rings (SSSR count). The Morgan fingerprint density at radius 2 is 1.90 bits per heavy atom. The van der Waals surface area contributed by atoms with E-state index in [0.29, 0.717) is 11.5 Å². The highest BCUT2D eigenvalue weighted by Crippen LogP contribution is 2.36. The molecule has 5 nitrogen and oxygen atoms in total. The van der Waals surface area contributed by atoms with E-state index in [-0.39, 0.29) is 11.6 Å². The van der Waals surface area contributed by atoms with Crippen molar-refractivity contribution in [2.45, 2.75) is 32.1 Å². The van der Waals surface area contributed by atoms with Crippen molar-refractivity contribution >= 4 is 11.9 Å². The minimum atomic E-state index is -1.07. The molecule has 2 heterocycles. The van der Waals surface area contributed by atoms with Crippen molar-refractivity contribution in [2.24, 2.45) is 11.8 Å². The number of fused-ring (bicyclic) bond motifs is 1. The van der Waals surface area contributed by atoms with Crippen LogP contribution in [0.15, 0.2) is 18.3 Å². The first-order valence-corrected chi connectivity index (χ1v) is 7.64. The molecule has 1 aromatic rings. The molecular formula is C16H20N2O3. The van der Waals surface area contributed by atoms with Gasteiger partial charge >= 0.3 is 5.97 Å². The normalized spacial score (nSPS) is 25.2. The van der Waals surface area contributed by atoms with Crippen LogP contribution in [-0.2, 0) is 0 Å². The van der Waals surface area contributed by atoms with Crippen LogP contribution < -0.4 is 0 Å². The van der Waals surface area contributed by atoms with E-state index in [4.69, 9.17) is 5.11 Å². The number of carboxylic acid groups (broad SMARTS) is 1. The summed E-state index contributed by atoms with van der Waals surface area (Å²) in [5, 5.41) is 8.83. The van der Waals surface area contributed by atoms with Crippen LogP contribution in [0.5, 0.6) is 0 Å². The highest BCUT2D eigenvalue weighted by molar-refractivity contribution is 5.95. The zero-order valence-electron chi connectivity index (χ0n) is 12.0. The Kier molecular flexibility index (Phi) is 3.90. The lowest BCUT2D eigenvalue weighted by Crippen LogP contribution is -2.44. The molecule has 2 fully saturated rings. The Labute approximate surface area is 124 Å². The number of hydrogen-bond donors (Lipinski definition) is 1. The number of rotatable bonds is 2. The first-order valence-electron chi connectivity index (χ1n) is 7.64. The maximum absolute atomic E-state index is 12.5. The Hall–Kier alpha value is -1.91. The van der Waals surface area contributed by atoms with Gasteiger partial charge in [0.2, 0.25) is 0 Å². The monoisotopic (exact) mass is 288 g/mol. The zero-order chi connectivity index (χ0) is 14.8. The second-order valence-electron chi connectivity index (χ2n) is 6.08. The smallest absolute Gasteiger partial charge is 0.354 e. The third kappa shape index (κ3) is 2.91. The minimum Gasteiger partial charge on any atom is -0.477 e. The summed E-state index contributed by atoms with van der Waals surface area (Å²) in [6.45, 7) is 1.64. The van der Waals surface area contributed by atoms with E-state index in [2.05, 4.69) is 4.98 Å². The van der Waals surface area contributed by atoms with E-state index in [1.165, 1.54) is 37.9 Å².